The van der Waals surface area contributed by atoms with Crippen molar-refractivity contribution < 1.29 is 5.11 Å². The molecule has 1 heterocycles. The van der Waals surface area contributed by atoms with Crippen molar-refractivity contribution in [3.8, 4) is 0 Å². The predicted molar refractivity (Wildman–Crippen MR) is 45.6 cm³/mol. The van der Waals surface area contributed by atoms with Crippen LogP contribution in [0.4, 0.5) is 0 Å². The standard InChI is InChI=1S/C8H15N3O/c1-3-4-7(2)11-6-9-10-8(11)5-12/h6-7,12H,3-5H2,1-2H3. The largest absolute Gasteiger partial charge is 0.388 e. The third kappa shape index (κ3) is 1.82. The zero-order chi connectivity index (χ0) is 8.97. The van der Waals surface area contributed by atoms with Crippen LogP contribution in [-0.2, 0) is 6.61 Å². The topological polar surface area (TPSA) is 50.9 Å². The Labute approximate surface area is 72.2 Å². The number of aromatic nitrogens is 3. The number of hydrogen-bond donors (Lipinski definition) is 1. The molecular formula is C8H15N3O. The van der Waals surface area contributed by atoms with E-state index in [1.54, 1.807) is 6.33 Å². The molecular weight excluding hydrogens is 154 g/mol. The Kier molecular flexibility index (Phi) is 3.22. The van der Waals surface area contributed by atoms with Gasteiger partial charge in [0.05, 0.1) is 0 Å². The maximum absolute atomic E-state index is 8.90. The molecule has 1 aromatic rings. The molecule has 1 rings (SSSR count). The first-order chi connectivity index (χ1) is 5.79. The lowest BCUT2D eigenvalue weighted by Crippen LogP contribution is -2.08. The molecule has 0 saturated heterocycles. The van der Waals surface area contributed by atoms with Crippen LogP contribution in [0.15, 0.2) is 6.33 Å². The minimum Gasteiger partial charge on any atom is -0.388 e. The average molecular weight is 169 g/mol. The minimum absolute atomic E-state index is 0.0337. The molecule has 0 fully saturated rings. The molecule has 0 spiro atoms. The molecule has 1 N–H and O–H groups in total. The fourth-order valence-electron chi connectivity index (χ4n) is 1.30. The van der Waals surface area contributed by atoms with Crippen LogP contribution < -0.4 is 0 Å². The van der Waals surface area contributed by atoms with Gasteiger partial charge in [-0.25, -0.2) is 0 Å². The van der Waals surface area contributed by atoms with Crippen LogP contribution in [0, 0.1) is 0 Å². The fraction of sp³-hybridized carbons (Fsp3) is 0.750. The van der Waals surface area contributed by atoms with E-state index in [2.05, 4.69) is 24.0 Å². The smallest absolute Gasteiger partial charge is 0.158 e. The van der Waals surface area contributed by atoms with E-state index in [9.17, 15) is 0 Å². The van der Waals surface area contributed by atoms with Crippen LogP contribution in [0.2, 0.25) is 0 Å². The highest BCUT2D eigenvalue weighted by Crippen LogP contribution is 2.13. The maximum Gasteiger partial charge on any atom is 0.158 e. The molecule has 1 atom stereocenters. The summed E-state index contributed by atoms with van der Waals surface area (Å²) in [7, 11) is 0. The summed E-state index contributed by atoms with van der Waals surface area (Å²) in [5, 5.41) is 16.5. The molecule has 0 radical (unpaired) electrons. The molecule has 1 unspecified atom stereocenters. The van der Waals surface area contributed by atoms with E-state index in [4.69, 9.17) is 5.11 Å². The van der Waals surface area contributed by atoms with Crippen molar-refractivity contribution in [2.45, 2.75) is 39.3 Å². The number of hydrogen-bond acceptors (Lipinski definition) is 3. The van der Waals surface area contributed by atoms with Crippen molar-refractivity contribution in [3.63, 3.8) is 0 Å². The van der Waals surface area contributed by atoms with Gasteiger partial charge in [-0.15, -0.1) is 10.2 Å². The Bertz CT molecular complexity index is 234. The number of rotatable bonds is 4. The van der Waals surface area contributed by atoms with E-state index >= 15 is 0 Å². The summed E-state index contributed by atoms with van der Waals surface area (Å²) in [4.78, 5) is 0. The quantitative estimate of drug-likeness (QED) is 0.735. The Morgan fingerprint density at radius 1 is 1.67 bits per heavy atom. The summed E-state index contributed by atoms with van der Waals surface area (Å²) in [6, 6.07) is 0.382. The highest BCUT2D eigenvalue weighted by atomic mass is 16.3. The van der Waals surface area contributed by atoms with Crippen LogP contribution in [0.3, 0.4) is 0 Å². The van der Waals surface area contributed by atoms with Gasteiger partial charge in [0.25, 0.3) is 0 Å². The van der Waals surface area contributed by atoms with Gasteiger partial charge in [-0.05, 0) is 13.3 Å². The van der Waals surface area contributed by atoms with Gasteiger partial charge in [0.1, 0.15) is 12.9 Å². The number of aliphatic hydroxyl groups is 1. The first-order valence-corrected chi connectivity index (χ1v) is 4.28. The lowest BCUT2D eigenvalue weighted by molar-refractivity contribution is 0.260. The third-order valence-electron chi connectivity index (χ3n) is 1.97. The van der Waals surface area contributed by atoms with Crippen molar-refractivity contribution in [1.29, 1.82) is 0 Å². The van der Waals surface area contributed by atoms with Gasteiger partial charge in [0, 0.05) is 6.04 Å². The maximum atomic E-state index is 8.90. The van der Waals surface area contributed by atoms with E-state index < -0.39 is 0 Å². The van der Waals surface area contributed by atoms with Crippen molar-refractivity contribution in [2.75, 3.05) is 0 Å². The van der Waals surface area contributed by atoms with Crippen molar-refractivity contribution in [3.05, 3.63) is 12.2 Å². The molecule has 0 aliphatic rings. The molecule has 0 saturated carbocycles. The van der Waals surface area contributed by atoms with Crippen LogP contribution in [0.5, 0.6) is 0 Å². The molecule has 1 aromatic heterocycles. The molecule has 12 heavy (non-hydrogen) atoms. The Hall–Kier alpha value is -0.900. The van der Waals surface area contributed by atoms with Gasteiger partial charge in [-0.3, -0.25) is 0 Å². The van der Waals surface area contributed by atoms with Gasteiger partial charge in [-0.2, -0.15) is 0 Å². The van der Waals surface area contributed by atoms with Crippen LogP contribution >= 0.6 is 0 Å². The summed E-state index contributed by atoms with van der Waals surface area (Å²) in [6.45, 7) is 4.21. The highest BCUT2D eigenvalue weighted by molar-refractivity contribution is 4.85. The van der Waals surface area contributed by atoms with Gasteiger partial charge < -0.3 is 9.67 Å². The third-order valence-corrected chi connectivity index (χ3v) is 1.97. The van der Waals surface area contributed by atoms with Gasteiger partial charge in [-0.1, -0.05) is 13.3 Å². The van der Waals surface area contributed by atoms with E-state index in [0.29, 0.717) is 11.9 Å². The zero-order valence-corrected chi connectivity index (χ0v) is 7.56. The predicted octanol–water partition coefficient (Wildman–Crippen LogP) is 1.13. The van der Waals surface area contributed by atoms with Crippen molar-refractivity contribution in [2.24, 2.45) is 0 Å². The van der Waals surface area contributed by atoms with E-state index in [0.717, 1.165) is 12.8 Å². The molecule has 0 amide bonds. The van der Waals surface area contributed by atoms with E-state index in [1.807, 2.05) is 4.57 Å². The van der Waals surface area contributed by atoms with Gasteiger partial charge in [0.15, 0.2) is 5.82 Å². The van der Waals surface area contributed by atoms with Gasteiger partial charge >= 0.3 is 0 Å². The summed E-state index contributed by atoms with van der Waals surface area (Å²) >= 11 is 0. The minimum atomic E-state index is -0.0337. The molecule has 68 valence electrons. The lowest BCUT2D eigenvalue weighted by atomic mass is 10.2. The lowest BCUT2D eigenvalue weighted by Gasteiger charge is -2.12. The van der Waals surface area contributed by atoms with Gasteiger partial charge in [0.2, 0.25) is 0 Å². The molecule has 0 aliphatic carbocycles. The second-order valence-electron chi connectivity index (χ2n) is 2.95. The first kappa shape index (κ1) is 9.19. The van der Waals surface area contributed by atoms with Crippen LogP contribution in [0.25, 0.3) is 0 Å². The second-order valence-corrected chi connectivity index (χ2v) is 2.95. The average Bonchev–Trinajstić information content (AvgIpc) is 2.51. The van der Waals surface area contributed by atoms with Crippen molar-refractivity contribution in [1.82, 2.24) is 14.8 Å². The van der Waals surface area contributed by atoms with E-state index in [1.165, 1.54) is 0 Å². The summed E-state index contributed by atoms with van der Waals surface area (Å²) in [5.74, 6) is 0.649. The van der Waals surface area contributed by atoms with Crippen molar-refractivity contribution >= 4 is 0 Å². The normalized spacial score (nSPS) is 13.2. The SMILES string of the molecule is CCCC(C)n1cnnc1CO. The fourth-order valence-corrected chi connectivity index (χ4v) is 1.30. The first-order valence-electron chi connectivity index (χ1n) is 4.28. The number of nitrogens with zero attached hydrogens (tertiary/aromatic N) is 3. The number of aliphatic hydroxyl groups excluding tert-OH is 1. The molecule has 0 aliphatic heterocycles. The molecule has 0 aromatic carbocycles. The summed E-state index contributed by atoms with van der Waals surface area (Å²) < 4.78 is 1.92. The molecule has 4 heteroatoms. The van der Waals surface area contributed by atoms with E-state index in [-0.39, 0.29) is 6.61 Å². The molecule has 4 nitrogen and oxygen atoms in total. The Balaban J connectivity index is 2.71. The Morgan fingerprint density at radius 3 is 3.00 bits per heavy atom. The Morgan fingerprint density at radius 2 is 2.42 bits per heavy atom. The monoisotopic (exact) mass is 169 g/mol. The molecule has 0 bridgehead atoms. The highest BCUT2D eigenvalue weighted by Gasteiger charge is 2.08. The second kappa shape index (κ2) is 4.21. The van der Waals surface area contributed by atoms with Crippen LogP contribution in [-0.4, -0.2) is 19.9 Å². The summed E-state index contributed by atoms with van der Waals surface area (Å²) in [6.07, 6.45) is 3.89. The van der Waals surface area contributed by atoms with Crippen LogP contribution in [0.1, 0.15) is 38.6 Å². The summed E-state index contributed by atoms with van der Waals surface area (Å²) in [5.41, 5.74) is 0. The zero-order valence-electron chi connectivity index (χ0n) is 7.56.